The Balaban J connectivity index is 1.19. The van der Waals surface area contributed by atoms with Gasteiger partial charge < -0.3 is 4.90 Å². The summed E-state index contributed by atoms with van der Waals surface area (Å²) in [4.78, 5) is 2.40. The Hall–Kier alpha value is -7.48. The second-order valence-corrected chi connectivity index (χ2v) is 16.0. The zero-order valence-corrected chi connectivity index (χ0v) is 34.3. The normalized spacial score (nSPS) is 14.9. The molecule has 0 amide bonds. The van der Waals surface area contributed by atoms with Crippen LogP contribution in [0.4, 0.5) is 17.1 Å². The Labute approximate surface area is 359 Å². The van der Waals surface area contributed by atoms with Crippen LogP contribution in [-0.2, 0) is 0 Å². The molecule has 0 fully saturated rings. The molecule has 0 atom stereocenters. The van der Waals surface area contributed by atoms with Gasteiger partial charge in [0.1, 0.15) is 0 Å². The SMILES string of the molecule is C=C(/C=c1/cccc/c1=C1/CC=CCC1)c1cc(-c2cc3ccccc3c3ccccc23)cc(N(c2ccc(C3=CC=CCC=C3)cc2)c2ccc(-c3ccccc3)cc2)c1. The molecule has 0 N–H and O–H groups in total. The summed E-state index contributed by atoms with van der Waals surface area (Å²) >= 11 is 0. The second kappa shape index (κ2) is 17.0. The molecule has 10 rings (SSSR count). The maximum atomic E-state index is 4.80. The van der Waals surface area contributed by atoms with E-state index in [0.717, 1.165) is 59.4 Å². The van der Waals surface area contributed by atoms with Gasteiger partial charge in [0, 0.05) is 17.1 Å². The van der Waals surface area contributed by atoms with E-state index in [1.807, 2.05) is 0 Å². The fourth-order valence-electron chi connectivity index (χ4n) is 8.99. The highest BCUT2D eigenvalue weighted by molar-refractivity contribution is 6.14. The van der Waals surface area contributed by atoms with Gasteiger partial charge in [0.2, 0.25) is 0 Å². The highest BCUT2D eigenvalue weighted by Gasteiger charge is 2.18. The number of fused-ring (bicyclic) bond motifs is 3. The fraction of sp³-hybridized carbons (Fsp3) is 0.0667. The van der Waals surface area contributed by atoms with Crippen molar-refractivity contribution in [2.24, 2.45) is 0 Å². The highest BCUT2D eigenvalue weighted by Crippen LogP contribution is 2.42. The van der Waals surface area contributed by atoms with Crippen molar-refractivity contribution >= 4 is 61.4 Å². The molecule has 61 heavy (non-hydrogen) atoms. The number of nitrogens with zero attached hydrogens (tertiary/aromatic N) is 1. The fourth-order valence-corrected chi connectivity index (χ4v) is 8.99. The highest BCUT2D eigenvalue weighted by atomic mass is 15.1. The van der Waals surface area contributed by atoms with Gasteiger partial charge in [-0.2, -0.15) is 0 Å². The van der Waals surface area contributed by atoms with Crippen LogP contribution in [0.3, 0.4) is 0 Å². The van der Waals surface area contributed by atoms with E-state index in [4.69, 9.17) is 6.58 Å². The minimum absolute atomic E-state index is 0.946. The van der Waals surface area contributed by atoms with E-state index in [1.54, 1.807) is 0 Å². The summed E-state index contributed by atoms with van der Waals surface area (Å²) in [5, 5.41) is 7.49. The van der Waals surface area contributed by atoms with Crippen molar-refractivity contribution in [2.75, 3.05) is 4.90 Å². The molecular formula is C60H47N. The first-order valence-corrected chi connectivity index (χ1v) is 21.4. The van der Waals surface area contributed by atoms with Crippen LogP contribution in [0.25, 0.3) is 66.6 Å². The molecule has 0 aromatic heterocycles. The molecule has 0 radical (unpaired) electrons. The Kier molecular flexibility index (Phi) is 10.5. The van der Waals surface area contributed by atoms with E-state index >= 15 is 0 Å². The number of hydrogen-bond acceptors (Lipinski definition) is 1. The molecule has 0 heterocycles. The van der Waals surface area contributed by atoms with Crippen LogP contribution in [0, 0.1) is 0 Å². The van der Waals surface area contributed by atoms with Crippen molar-refractivity contribution in [3.05, 3.63) is 247 Å². The molecule has 0 saturated heterocycles. The third-order valence-electron chi connectivity index (χ3n) is 12.1. The van der Waals surface area contributed by atoms with Gasteiger partial charge in [0.05, 0.1) is 0 Å². The largest absolute Gasteiger partial charge is 0.310 e. The van der Waals surface area contributed by atoms with E-state index in [0.29, 0.717) is 0 Å². The minimum Gasteiger partial charge on any atom is -0.310 e. The third kappa shape index (κ3) is 7.87. The van der Waals surface area contributed by atoms with E-state index in [1.165, 1.54) is 65.4 Å². The van der Waals surface area contributed by atoms with Gasteiger partial charge >= 0.3 is 0 Å². The van der Waals surface area contributed by atoms with E-state index in [2.05, 4.69) is 229 Å². The first-order chi connectivity index (χ1) is 30.2. The maximum Gasteiger partial charge on any atom is 0.0473 e. The molecule has 1 heteroatoms. The summed E-state index contributed by atoms with van der Waals surface area (Å²) < 4.78 is 0. The predicted octanol–water partition coefficient (Wildman–Crippen LogP) is 15.1. The van der Waals surface area contributed by atoms with E-state index < -0.39 is 0 Å². The number of allylic oxidation sites excluding steroid dienone is 9. The molecule has 0 unspecified atom stereocenters. The van der Waals surface area contributed by atoms with Crippen LogP contribution in [0.5, 0.6) is 0 Å². The summed E-state index contributed by atoms with van der Waals surface area (Å²) in [5.74, 6) is 0. The zero-order chi connectivity index (χ0) is 41.0. The predicted molar refractivity (Wildman–Crippen MR) is 263 cm³/mol. The number of hydrogen-bond donors (Lipinski definition) is 0. The first-order valence-electron chi connectivity index (χ1n) is 21.4. The Morgan fingerprint density at radius 3 is 2.00 bits per heavy atom. The lowest BCUT2D eigenvalue weighted by Crippen LogP contribution is -2.27. The first kappa shape index (κ1) is 37.8. The van der Waals surface area contributed by atoms with Gasteiger partial charge in [-0.3, -0.25) is 0 Å². The van der Waals surface area contributed by atoms with Crippen molar-refractivity contribution in [1.29, 1.82) is 0 Å². The second-order valence-electron chi connectivity index (χ2n) is 16.0. The summed E-state index contributed by atoms with van der Waals surface area (Å²) in [7, 11) is 0. The van der Waals surface area contributed by atoms with E-state index in [-0.39, 0.29) is 0 Å². The van der Waals surface area contributed by atoms with Gasteiger partial charge in [-0.25, -0.2) is 0 Å². The van der Waals surface area contributed by atoms with Crippen LogP contribution in [-0.4, -0.2) is 0 Å². The van der Waals surface area contributed by atoms with Gasteiger partial charge in [-0.1, -0.05) is 182 Å². The Morgan fingerprint density at radius 1 is 0.525 bits per heavy atom. The molecule has 0 spiro atoms. The third-order valence-corrected chi connectivity index (χ3v) is 12.1. The molecule has 2 aliphatic rings. The molecule has 8 aromatic carbocycles. The van der Waals surface area contributed by atoms with Gasteiger partial charge in [0.25, 0.3) is 0 Å². The monoisotopic (exact) mass is 781 g/mol. The Bertz CT molecular complexity index is 3170. The number of rotatable bonds is 8. The smallest absolute Gasteiger partial charge is 0.0473 e. The molecule has 0 aliphatic heterocycles. The lowest BCUT2D eigenvalue weighted by molar-refractivity contribution is 0.983. The number of anilines is 3. The van der Waals surface area contributed by atoms with Crippen LogP contribution >= 0.6 is 0 Å². The maximum absolute atomic E-state index is 4.80. The average molecular weight is 782 g/mol. The molecule has 292 valence electrons. The van der Waals surface area contributed by atoms with Gasteiger partial charge in [-0.05, 0) is 157 Å². The van der Waals surface area contributed by atoms with Crippen molar-refractivity contribution in [1.82, 2.24) is 0 Å². The quantitative estimate of drug-likeness (QED) is 0.110. The standard InChI is InChI=1S/C60H47N/c1-43(38-49-24-12-14-26-56(49)48-22-10-5-11-23-48)51-39-52(60-42-50-25-13-15-27-57(50)58-28-16-17-29-59(58)60)41-55(40-51)61(54-36-32-47(33-37-54)45-20-8-4-9-21-45)53-34-30-46(31-35-53)44-18-6-2-3-7-19-44/h2,4-10,12-21,24-42H,1,3,11,22-23H2/b49-38-,56-48+. The number of benzene rings is 8. The molecule has 1 nitrogen and oxygen atoms in total. The van der Waals surface area contributed by atoms with Crippen molar-refractivity contribution < 1.29 is 0 Å². The van der Waals surface area contributed by atoms with Crippen LogP contribution in [0.2, 0.25) is 0 Å². The molecule has 2 aliphatic carbocycles. The molecule has 0 saturated carbocycles. The topological polar surface area (TPSA) is 3.24 Å². The molecule has 0 bridgehead atoms. The lowest BCUT2D eigenvalue weighted by atomic mass is 9.91. The van der Waals surface area contributed by atoms with Crippen molar-refractivity contribution in [3.8, 4) is 22.3 Å². The van der Waals surface area contributed by atoms with Crippen LogP contribution < -0.4 is 15.3 Å². The summed E-state index contributed by atoms with van der Waals surface area (Å²) in [6.45, 7) is 4.80. The van der Waals surface area contributed by atoms with Crippen LogP contribution in [0.1, 0.15) is 36.8 Å². The summed E-state index contributed by atoms with van der Waals surface area (Å²) in [6.07, 6.45) is 22.0. The van der Waals surface area contributed by atoms with Crippen molar-refractivity contribution in [2.45, 2.75) is 25.7 Å². The summed E-state index contributed by atoms with van der Waals surface area (Å²) in [6, 6.07) is 64.4. The minimum atomic E-state index is 0.946. The average Bonchev–Trinajstić information content (AvgIpc) is 3.63. The summed E-state index contributed by atoms with van der Waals surface area (Å²) in [5.41, 5.74) is 13.9. The van der Waals surface area contributed by atoms with Gasteiger partial charge in [-0.15, -0.1) is 0 Å². The van der Waals surface area contributed by atoms with Crippen LogP contribution in [0.15, 0.2) is 225 Å². The Morgan fingerprint density at radius 2 is 1.21 bits per heavy atom. The molecular weight excluding hydrogens is 735 g/mol. The van der Waals surface area contributed by atoms with Crippen molar-refractivity contribution in [3.63, 3.8) is 0 Å². The molecule has 8 aromatic rings. The zero-order valence-electron chi connectivity index (χ0n) is 34.3. The van der Waals surface area contributed by atoms with Gasteiger partial charge in [0.15, 0.2) is 0 Å². The lowest BCUT2D eigenvalue weighted by Gasteiger charge is -2.27. The van der Waals surface area contributed by atoms with E-state index in [9.17, 15) is 0 Å².